The molecule has 25 heavy (non-hydrogen) atoms. The lowest BCUT2D eigenvalue weighted by atomic mass is 10.1. The van der Waals surface area contributed by atoms with E-state index in [4.69, 9.17) is 4.74 Å². The van der Waals surface area contributed by atoms with E-state index in [2.05, 4.69) is 10.5 Å². The van der Waals surface area contributed by atoms with Crippen molar-refractivity contribution in [2.45, 2.75) is 20.0 Å². The summed E-state index contributed by atoms with van der Waals surface area (Å²) in [5.74, 6) is -0.00661. The van der Waals surface area contributed by atoms with E-state index in [1.54, 1.807) is 6.07 Å². The van der Waals surface area contributed by atoms with Crippen LogP contribution in [-0.2, 0) is 11.0 Å². The van der Waals surface area contributed by atoms with Crippen LogP contribution in [0.3, 0.4) is 0 Å². The molecule has 132 valence electrons. The van der Waals surface area contributed by atoms with Crippen LogP contribution in [-0.4, -0.2) is 18.7 Å². The van der Waals surface area contributed by atoms with Crippen LogP contribution < -0.4 is 10.2 Å². The molecule has 0 atom stereocenters. The van der Waals surface area contributed by atoms with E-state index < -0.39 is 17.6 Å². The van der Waals surface area contributed by atoms with Crippen molar-refractivity contribution in [1.29, 1.82) is 0 Å². The minimum absolute atomic E-state index is 0.134. The van der Waals surface area contributed by atoms with Crippen LogP contribution in [0.15, 0.2) is 47.6 Å². The number of hydrogen-bond acceptors (Lipinski definition) is 3. The maximum atomic E-state index is 12.8. The fourth-order valence-corrected chi connectivity index (χ4v) is 2.18. The number of amides is 1. The number of carbonyl (C=O) groups is 1. The minimum atomic E-state index is -4.49. The molecule has 0 heterocycles. The highest BCUT2D eigenvalue weighted by atomic mass is 19.4. The molecule has 0 fully saturated rings. The van der Waals surface area contributed by atoms with Crippen molar-refractivity contribution in [3.05, 3.63) is 64.7 Å². The SMILES string of the molecule is Cc1ccc(OCC(=O)N/N=C/c2ccccc2C(F)(F)F)c(C)c1. The van der Waals surface area contributed by atoms with Gasteiger partial charge in [0.2, 0.25) is 0 Å². The van der Waals surface area contributed by atoms with Gasteiger partial charge in [-0.2, -0.15) is 18.3 Å². The summed E-state index contributed by atoms with van der Waals surface area (Å²) in [6.07, 6.45) is -3.53. The van der Waals surface area contributed by atoms with Crippen LogP contribution in [0.2, 0.25) is 0 Å². The van der Waals surface area contributed by atoms with Crippen LogP contribution in [0.4, 0.5) is 13.2 Å². The number of hydrazone groups is 1. The Bertz CT molecular complexity index is 786. The van der Waals surface area contributed by atoms with Crippen LogP contribution in [0.1, 0.15) is 22.3 Å². The zero-order valence-electron chi connectivity index (χ0n) is 13.7. The summed E-state index contributed by atoms with van der Waals surface area (Å²) in [5.41, 5.74) is 3.15. The largest absolute Gasteiger partial charge is 0.483 e. The van der Waals surface area contributed by atoms with Gasteiger partial charge in [-0.25, -0.2) is 5.43 Å². The zero-order valence-corrected chi connectivity index (χ0v) is 13.7. The maximum absolute atomic E-state index is 12.8. The highest BCUT2D eigenvalue weighted by Crippen LogP contribution is 2.31. The van der Waals surface area contributed by atoms with E-state index in [0.29, 0.717) is 5.75 Å². The molecule has 0 aliphatic heterocycles. The number of nitrogens with one attached hydrogen (secondary N) is 1. The quantitative estimate of drug-likeness (QED) is 0.658. The van der Waals surface area contributed by atoms with Crippen LogP contribution >= 0.6 is 0 Å². The number of hydrogen-bond donors (Lipinski definition) is 1. The molecule has 0 unspecified atom stereocenters. The Morgan fingerprint density at radius 2 is 1.92 bits per heavy atom. The molecule has 0 saturated carbocycles. The lowest BCUT2D eigenvalue weighted by Crippen LogP contribution is -2.25. The van der Waals surface area contributed by atoms with Gasteiger partial charge in [0.1, 0.15) is 5.75 Å². The summed E-state index contributed by atoms with van der Waals surface area (Å²) in [6, 6.07) is 10.5. The Labute approximate surface area is 143 Å². The van der Waals surface area contributed by atoms with Gasteiger partial charge in [0.05, 0.1) is 11.8 Å². The first-order valence-electron chi connectivity index (χ1n) is 7.45. The molecule has 1 amide bonds. The van der Waals surface area contributed by atoms with Crippen molar-refractivity contribution < 1.29 is 22.7 Å². The number of ether oxygens (including phenoxy) is 1. The molecule has 0 radical (unpaired) electrons. The predicted octanol–water partition coefficient (Wildman–Crippen LogP) is 3.85. The van der Waals surface area contributed by atoms with E-state index in [0.717, 1.165) is 23.4 Å². The minimum Gasteiger partial charge on any atom is -0.483 e. The maximum Gasteiger partial charge on any atom is 0.417 e. The van der Waals surface area contributed by atoms with Crippen LogP contribution in [0, 0.1) is 13.8 Å². The number of carbonyl (C=O) groups excluding carboxylic acids is 1. The van der Waals surface area contributed by atoms with Gasteiger partial charge >= 0.3 is 6.18 Å². The Kier molecular flexibility index (Phi) is 5.80. The number of halogens is 3. The molecule has 0 aliphatic carbocycles. The summed E-state index contributed by atoms with van der Waals surface area (Å²) >= 11 is 0. The molecule has 1 N–H and O–H groups in total. The smallest absolute Gasteiger partial charge is 0.417 e. The Morgan fingerprint density at radius 1 is 1.20 bits per heavy atom. The fourth-order valence-electron chi connectivity index (χ4n) is 2.18. The van der Waals surface area contributed by atoms with Gasteiger partial charge in [-0.3, -0.25) is 4.79 Å². The average molecular weight is 350 g/mol. The number of rotatable bonds is 5. The zero-order chi connectivity index (χ0) is 18.4. The first-order chi connectivity index (χ1) is 11.8. The van der Waals surface area contributed by atoms with Gasteiger partial charge in [0.25, 0.3) is 5.91 Å². The average Bonchev–Trinajstić information content (AvgIpc) is 2.53. The van der Waals surface area contributed by atoms with Gasteiger partial charge < -0.3 is 4.74 Å². The molecular weight excluding hydrogens is 333 g/mol. The van der Waals surface area contributed by atoms with Crippen molar-refractivity contribution in [2.75, 3.05) is 6.61 Å². The first kappa shape index (κ1) is 18.5. The number of aryl methyl sites for hydroxylation is 2. The Morgan fingerprint density at radius 3 is 2.60 bits per heavy atom. The van der Waals surface area contributed by atoms with E-state index in [-0.39, 0.29) is 12.2 Å². The van der Waals surface area contributed by atoms with Crippen molar-refractivity contribution in [2.24, 2.45) is 5.10 Å². The summed E-state index contributed by atoms with van der Waals surface area (Å²) in [7, 11) is 0. The highest BCUT2D eigenvalue weighted by molar-refractivity contribution is 5.84. The van der Waals surface area contributed by atoms with Gasteiger partial charge in [-0.15, -0.1) is 0 Å². The van der Waals surface area contributed by atoms with Gasteiger partial charge in [0, 0.05) is 5.56 Å². The van der Waals surface area contributed by atoms with Gasteiger partial charge in [0.15, 0.2) is 6.61 Å². The number of benzene rings is 2. The number of nitrogens with zero attached hydrogens (tertiary/aromatic N) is 1. The first-order valence-corrected chi connectivity index (χ1v) is 7.45. The molecule has 2 aromatic rings. The third kappa shape index (κ3) is 5.34. The summed E-state index contributed by atoms with van der Waals surface area (Å²) < 4.78 is 43.9. The standard InChI is InChI=1S/C18H17F3N2O2/c1-12-7-8-16(13(2)9-12)25-11-17(24)23-22-10-14-5-3-4-6-15(14)18(19,20)21/h3-10H,11H2,1-2H3,(H,23,24)/b22-10+. The molecule has 4 nitrogen and oxygen atoms in total. The molecule has 0 aliphatic rings. The third-order valence-corrected chi connectivity index (χ3v) is 3.35. The molecule has 0 aromatic heterocycles. The molecule has 0 spiro atoms. The lowest BCUT2D eigenvalue weighted by Gasteiger charge is -2.10. The van der Waals surface area contributed by atoms with Crippen molar-refractivity contribution >= 4 is 12.1 Å². The second-order valence-corrected chi connectivity index (χ2v) is 5.44. The van der Waals surface area contributed by atoms with Gasteiger partial charge in [-0.1, -0.05) is 35.9 Å². The van der Waals surface area contributed by atoms with Crippen molar-refractivity contribution in [1.82, 2.24) is 5.43 Å². The monoisotopic (exact) mass is 350 g/mol. The van der Waals surface area contributed by atoms with Crippen LogP contribution in [0.25, 0.3) is 0 Å². The number of alkyl halides is 3. The summed E-state index contributed by atoms with van der Waals surface area (Å²) in [4.78, 5) is 11.7. The molecule has 7 heteroatoms. The molecule has 0 bridgehead atoms. The Balaban J connectivity index is 1.93. The second-order valence-electron chi connectivity index (χ2n) is 5.44. The van der Waals surface area contributed by atoms with E-state index in [1.807, 2.05) is 26.0 Å². The highest BCUT2D eigenvalue weighted by Gasteiger charge is 2.32. The Hall–Kier alpha value is -2.83. The normalized spacial score (nSPS) is 11.6. The fraction of sp³-hybridized carbons (Fsp3) is 0.222. The van der Waals surface area contributed by atoms with E-state index >= 15 is 0 Å². The summed E-state index contributed by atoms with van der Waals surface area (Å²) in [5, 5.41) is 3.56. The molecular formula is C18H17F3N2O2. The molecule has 2 aromatic carbocycles. The predicted molar refractivity (Wildman–Crippen MR) is 88.6 cm³/mol. The van der Waals surface area contributed by atoms with E-state index in [1.165, 1.54) is 18.2 Å². The van der Waals surface area contributed by atoms with Crippen LogP contribution in [0.5, 0.6) is 5.75 Å². The van der Waals surface area contributed by atoms with Gasteiger partial charge in [-0.05, 0) is 31.5 Å². The lowest BCUT2D eigenvalue weighted by molar-refractivity contribution is -0.137. The van der Waals surface area contributed by atoms with E-state index in [9.17, 15) is 18.0 Å². The van der Waals surface area contributed by atoms with Crippen molar-refractivity contribution in [3.8, 4) is 5.75 Å². The second kappa shape index (κ2) is 7.83. The summed E-state index contributed by atoms with van der Waals surface area (Å²) in [6.45, 7) is 3.51. The third-order valence-electron chi connectivity index (χ3n) is 3.35. The molecule has 0 saturated heterocycles. The van der Waals surface area contributed by atoms with Crippen molar-refractivity contribution in [3.63, 3.8) is 0 Å². The molecule has 2 rings (SSSR count). The topological polar surface area (TPSA) is 50.7 Å².